The predicted octanol–water partition coefficient (Wildman–Crippen LogP) is 9.85. The van der Waals surface area contributed by atoms with E-state index in [1.54, 1.807) is 0 Å². The summed E-state index contributed by atoms with van der Waals surface area (Å²) in [5, 5.41) is 7.88. The molecule has 1 aliphatic heterocycles. The maximum Gasteiger partial charge on any atom is 0.0893 e. The van der Waals surface area contributed by atoms with Gasteiger partial charge in [-0.25, -0.2) is 0 Å². The quantitative estimate of drug-likeness (QED) is 0.207. The molecule has 2 aliphatic rings. The monoisotopic (exact) mass is 597 g/mol. The van der Waals surface area contributed by atoms with Gasteiger partial charge in [0.2, 0.25) is 0 Å². The van der Waals surface area contributed by atoms with Crippen molar-refractivity contribution < 1.29 is 0 Å². The normalized spacial score (nSPS) is 20.2. The van der Waals surface area contributed by atoms with Crippen molar-refractivity contribution in [3.63, 3.8) is 0 Å². The lowest BCUT2D eigenvalue weighted by Crippen LogP contribution is -2.55. The molecule has 0 bridgehead atoms. The van der Waals surface area contributed by atoms with Crippen LogP contribution in [0.3, 0.4) is 0 Å². The molecule has 0 amide bonds. The predicted molar refractivity (Wildman–Crippen MR) is 190 cm³/mol. The van der Waals surface area contributed by atoms with E-state index in [0.29, 0.717) is 0 Å². The molecule has 0 aromatic heterocycles. The average molecular weight is 598 g/mol. The Bertz CT molecular complexity index is 2000. The van der Waals surface area contributed by atoms with Crippen LogP contribution >= 0.6 is 0 Å². The fraction of sp³-hybridized carbons (Fsp3) is 0.163. The second-order valence-corrected chi connectivity index (χ2v) is 13.1. The molecular weight excluding hydrogens is 558 g/mol. The highest BCUT2D eigenvalue weighted by Crippen LogP contribution is 2.52. The number of benzene rings is 6. The van der Waals surface area contributed by atoms with E-state index in [-0.39, 0.29) is 23.9 Å². The summed E-state index contributed by atoms with van der Waals surface area (Å²) in [4.78, 5) is 2.43. The van der Waals surface area contributed by atoms with Crippen LogP contribution in [0.15, 0.2) is 152 Å². The minimum absolute atomic E-state index is 0.00322. The van der Waals surface area contributed by atoms with Crippen LogP contribution in [0.2, 0.25) is 0 Å². The van der Waals surface area contributed by atoms with E-state index < -0.39 is 0 Å². The molecule has 3 unspecified atom stereocenters. The molecule has 226 valence electrons. The van der Waals surface area contributed by atoms with Crippen LogP contribution < -0.4 is 10.6 Å². The van der Waals surface area contributed by atoms with E-state index in [1.165, 1.54) is 61.2 Å². The molecule has 1 saturated heterocycles. The molecule has 2 N–H and O–H groups in total. The smallest absolute Gasteiger partial charge is 0.0893 e. The lowest BCUT2D eigenvalue weighted by atomic mass is 9.79. The molecule has 3 heteroatoms. The van der Waals surface area contributed by atoms with Crippen LogP contribution in [0, 0.1) is 0 Å². The summed E-state index contributed by atoms with van der Waals surface area (Å²) in [6.07, 6.45) is -0.0339. The Hall–Kier alpha value is -4.80. The van der Waals surface area contributed by atoms with E-state index in [2.05, 4.69) is 188 Å². The van der Waals surface area contributed by atoms with Crippen LogP contribution in [0.25, 0.3) is 33.4 Å². The summed E-state index contributed by atoms with van der Waals surface area (Å²) in [7, 11) is 2.22. The molecule has 0 spiro atoms. The molecule has 1 heterocycles. The minimum atomic E-state index is -0.0553. The Labute approximate surface area is 272 Å². The van der Waals surface area contributed by atoms with Crippen molar-refractivity contribution in [3.8, 4) is 33.4 Å². The SMILES string of the molecule is CN1C(c2ccc(-c3cccc4c3C(C)(C)c3ccccc3-4)cc2)NC(c2ccccc2)NC1c1ccccc1-c1ccccc1. The first-order chi connectivity index (χ1) is 22.5. The van der Waals surface area contributed by atoms with Gasteiger partial charge in [-0.2, -0.15) is 0 Å². The van der Waals surface area contributed by atoms with Crippen LogP contribution in [-0.4, -0.2) is 11.9 Å². The minimum Gasteiger partial charge on any atom is -0.279 e. The summed E-state index contributed by atoms with van der Waals surface area (Å²) in [5.74, 6) is 0. The second-order valence-electron chi connectivity index (χ2n) is 13.1. The number of nitrogens with zero attached hydrogens (tertiary/aromatic N) is 1. The molecule has 8 rings (SSSR count). The number of fused-ring (bicyclic) bond motifs is 3. The van der Waals surface area contributed by atoms with Gasteiger partial charge in [0.1, 0.15) is 0 Å². The van der Waals surface area contributed by atoms with Gasteiger partial charge < -0.3 is 0 Å². The van der Waals surface area contributed by atoms with E-state index in [4.69, 9.17) is 0 Å². The lowest BCUT2D eigenvalue weighted by molar-refractivity contribution is 0.0419. The topological polar surface area (TPSA) is 27.3 Å². The highest BCUT2D eigenvalue weighted by atomic mass is 15.4. The van der Waals surface area contributed by atoms with Crippen molar-refractivity contribution >= 4 is 0 Å². The Morgan fingerprint density at radius 2 is 1.04 bits per heavy atom. The van der Waals surface area contributed by atoms with Gasteiger partial charge in [0.05, 0.1) is 18.5 Å². The molecule has 1 fully saturated rings. The van der Waals surface area contributed by atoms with Crippen molar-refractivity contribution in [2.75, 3.05) is 7.05 Å². The van der Waals surface area contributed by atoms with Crippen LogP contribution in [0.5, 0.6) is 0 Å². The molecule has 6 aromatic carbocycles. The Morgan fingerprint density at radius 1 is 0.478 bits per heavy atom. The third-order valence-electron chi connectivity index (χ3n) is 10.1. The second kappa shape index (κ2) is 11.5. The van der Waals surface area contributed by atoms with Gasteiger partial charge in [0.25, 0.3) is 0 Å². The molecule has 3 nitrogen and oxygen atoms in total. The third-order valence-corrected chi connectivity index (χ3v) is 10.1. The molecule has 0 radical (unpaired) electrons. The lowest BCUT2D eigenvalue weighted by Gasteiger charge is -2.46. The summed E-state index contributed by atoms with van der Waals surface area (Å²) >= 11 is 0. The van der Waals surface area contributed by atoms with Gasteiger partial charge in [-0.05, 0) is 68.2 Å². The molecule has 1 aliphatic carbocycles. The largest absolute Gasteiger partial charge is 0.279 e. The van der Waals surface area contributed by atoms with Crippen LogP contribution in [0.1, 0.15) is 60.2 Å². The zero-order valence-corrected chi connectivity index (χ0v) is 26.6. The first kappa shape index (κ1) is 28.7. The first-order valence-electron chi connectivity index (χ1n) is 16.3. The van der Waals surface area contributed by atoms with Crippen molar-refractivity contribution in [3.05, 3.63) is 179 Å². The Morgan fingerprint density at radius 3 is 1.80 bits per heavy atom. The summed E-state index contributed by atoms with van der Waals surface area (Å²) in [6.45, 7) is 4.72. The Balaban J connectivity index is 1.18. The average Bonchev–Trinajstić information content (AvgIpc) is 3.36. The van der Waals surface area contributed by atoms with E-state index in [9.17, 15) is 0 Å². The van der Waals surface area contributed by atoms with Crippen molar-refractivity contribution in [2.45, 2.75) is 37.8 Å². The maximum absolute atomic E-state index is 3.94. The zero-order valence-electron chi connectivity index (χ0n) is 26.6. The molecular formula is C43H39N3. The van der Waals surface area contributed by atoms with E-state index in [0.717, 1.165) is 0 Å². The first-order valence-corrected chi connectivity index (χ1v) is 16.3. The third kappa shape index (κ3) is 4.80. The van der Waals surface area contributed by atoms with Crippen molar-refractivity contribution in [2.24, 2.45) is 0 Å². The molecule has 46 heavy (non-hydrogen) atoms. The molecule has 3 atom stereocenters. The number of nitrogens with one attached hydrogen (secondary N) is 2. The van der Waals surface area contributed by atoms with Crippen LogP contribution in [0.4, 0.5) is 0 Å². The summed E-state index contributed by atoms with van der Waals surface area (Å²) < 4.78 is 0. The van der Waals surface area contributed by atoms with Crippen LogP contribution in [-0.2, 0) is 5.41 Å². The summed E-state index contributed by atoms with van der Waals surface area (Å²) in [5.41, 5.74) is 14.3. The van der Waals surface area contributed by atoms with E-state index in [1.807, 2.05) is 0 Å². The van der Waals surface area contributed by atoms with Gasteiger partial charge in [-0.1, -0.05) is 166 Å². The fourth-order valence-electron chi connectivity index (χ4n) is 7.78. The van der Waals surface area contributed by atoms with Crippen molar-refractivity contribution in [1.29, 1.82) is 0 Å². The van der Waals surface area contributed by atoms with Gasteiger partial charge >= 0.3 is 0 Å². The Kier molecular flexibility index (Phi) is 7.18. The fourth-order valence-corrected chi connectivity index (χ4v) is 7.78. The molecule has 0 saturated carbocycles. The molecule has 6 aromatic rings. The standard InChI is InChI=1S/C43H39N3/c1-43(2)38-24-13-12-20-35(38)36-23-14-22-34(39(36)43)30-25-27-32(28-26-30)41-44-40(31-17-8-5-9-18-31)45-42(46(41)3)37-21-11-10-19-33(37)29-15-6-4-7-16-29/h4-28,40-42,44-45H,1-3H3. The number of rotatable bonds is 5. The van der Waals surface area contributed by atoms with Gasteiger partial charge in [-0.3, -0.25) is 15.5 Å². The van der Waals surface area contributed by atoms with Gasteiger partial charge in [0, 0.05) is 5.41 Å². The highest BCUT2D eigenvalue weighted by Gasteiger charge is 2.38. The zero-order chi connectivity index (χ0) is 31.3. The van der Waals surface area contributed by atoms with Crippen molar-refractivity contribution in [1.82, 2.24) is 15.5 Å². The van der Waals surface area contributed by atoms with Gasteiger partial charge in [-0.15, -0.1) is 0 Å². The highest BCUT2D eigenvalue weighted by molar-refractivity contribution is 5.88. The maximum atomic E-state index is 3.94. The number of hydrogen-bond donors (Lipinski definition) is 2. The van der Waals surface area contributed by atoms with E-state index >= 15 is 0 Å². The number of hydrogen-bond acceptors (Lipinski definition) is 3. The summed E-state index contributed by atoms with van der Waals surface area (Å²) in [6, 6.07) is 55.1. The van der Waals surface area contributed by atoms with Gasteiger partial charge in [0.15, 0.2) is 0 Å².